The van der Waals surface area contributed by atoms with Crippen molar-refractivity contribution >= 4 is 18.4 Å². The van der Waals surface area contributed by atoms with Crippen molar-refractivity contribution in [1.82, 2.24) is 4.90 Å². The van der Waals surface area contributed by atoms with E-state index in [0.717, 1.165) is 25.7 Å². The van der Waals surface area contributed by atoms with Gasteiger partial charge in [0, 0.05) is 0 Å². The normalized spacial score (nSPS) is 12.0. The van der Waals surface area contributed by atoms with Gasteiger partial charge in [-0.15, -0.1) is 12.4 Å². The molecular weight excluding hydrogens is 310 g/mol. The van der Waals surface area contributed by atoms with Crippen LogP contribution >= 0.6 is 12.4 Å². The number of halogens is 1. The summed E-state index contributed by atoms with van der Waals surface area (Å²) in [6, 6.07) is 0. The Kier molecular flexibility index (Phi) is 15.3. The Labute approximate surface area is 148 Å². The molecule has 0 aliphatic carbocycles. The van der Waals surface area contributed by atoms with Crippen LogP contribution in [-0.2, 0) is 9.53 Å². The predicted molar refractivity (Wildman–Crippen MR) is 102 cm³/mol. The average Bonchev–Trinajstić information content (AvgIpc) is 2.37. The van der Waals surface area contributed by atoms with Gasteiger partial charge >= 0.3 is 5.97 Å². The van der Waals surface area contributed by atoms with Gasteiger partial charge in [-0.2, -0.15) is 0 Å². The van der Waals surface area contributed by atoms with E-state index in [9.17, 15) is 4.79 Å². The SMILES string of the molecule is CC(C)=CCCC(C)=CCCC(C)=CCOC(=O)CN(C)C.Cl. The molecular formula is C19H34ClNO2. The van der Waals surface area contributed by atoms with Gasteiger partial charge in [0.25, 0.3) is 0 Å². The van der Waals surface area contributed by atoms with Gasteiger partial charge in [0.15, 0.2) is 0 Å². The Morgan fingerprint density at radius 3 is 1.96 bits per heavy atom. The molecule has 0 aromatic heterocycles. The summed E-state index contributed by atoms with van der Waals surface area (Å²) in [4.78, 5) is 13.2. The highest BCUT2D eigenvalue weighted by Crippen LogP contribution is 2.11. The van der Waals surface area contributed by atoms with E-state index >= 15 is 0 Å². The van der Waals surface area contributed by atoms with E-state index in [1.54, 1.807) is 0 Å². The minimum atomic E-state index is -0.177. The van der Waals surface area contributed by atoms with Crippen LogP contribution in [0.15, 0.2) is 34.9 Å². The zero-order chi connectivity index (χ0) is 17.0. The second-order valence-corrected chi connectivity index (χ2v) is 6.38. The lowest BCUT2D eigenvalue weighted by Crippen LogP contribution is -2.23. The third-order valence-corrected chi connectivity index (χ3v) is 3.24. The van der Waals surface area contributed by atoms with Gasteiger partial charge in [-0.3, -0.25) is 9.69 Å². The number of nitrogens with zero attached hydrogens (tertiary/aromatic N) is 1. The molecule has 134 valence electrons. The van der Waals surface area contributed by atoms with Gasteiger partial charge in [0.05, 0.1) is 6.54 Å². The molecule has 0 aliphatic rings. The van der Waals surface area contributed by atoms with Crippen molar-refractivity contribution in [3.63, 3.8) is 0 Å². The van der Waals surface area contributed by atoms with Gasteiger partial charge in [0.1, 0.15) is 6.61 Å². The third kappa shape index (κ3) is 17.1. The highest BCUT2D eigenvalue weighted by molar-refractivity contribution is 5.85. The molecule has 4 heteroatoms. The smallest absolute Gasteiger partial charge is 0.320 e. The van der Waals surface area contributed by atoms with Crippen molar-refractivity contribution in [1.29, 1.82) is 0 Å². The first-order valence-corrected chi connectivity index (χ1v) is 8.06. The first kappa shape index (κ1) is 24.2. The second kappa shape index (κ2) is 14.5. The summed E-state index contributed by atoms with van der Waals surface area (Å²) in [5, 5.41) is 0. The quantitative estimate of drug-likeness (QED) is 0.416. The Bertz CT molecular complexity index is 419. The van der Waals surface area contributed by atoms with Crippen molar-refractivity contribution < 1.29 is 9.53 Å². The van der Waals surface area contributed by atoms with Crippen LogP contribution in [0.4, 0.5) is 0 Å². The van der Waals surface area contributed by atoms with Crippen LogP contribution in [0, 0.1) is 0 Å². The summed E-state index contributed by atoms with van der Waals surface area (Å²) in [5.74, 6) is -0.177. The fraction of sp³-hybridized carbons (Fsp3) is 0.632. The molecule has 0 radical (unpaired) electrons. The first-order chi connectivity index (χ1) is 10.3. The minimum Gasteiger partial charge on any atom is -0.460 e. The van der Waals surface area contributed by atoms with Crippen LogP contribution in [0.1, 0.15) is 53.4 Å². The maximum Gasteiger partial charge on any atom is 0.320 e. The van der Waals surface area contributed by atoms with Crippen LogP contribution in [0.3, 0.4) is 0 Å². The number of carbonyl (C=O) groups excluding carboxylic acids is 1. The Morgan fingerprint density at radius 2 is 1.43 bits per heavy atom. The molecule has 23 heavy (non-hydrogen) atoms. The number of likely N-dealkylation sites (N-methyl/N-ethyl adjacent to an activating group) is 1. The highest BCUT2D eigenvalue weighted by atomic mass is 35.5. The van der Waals surface area contributed by atoms with Crippen molar-refractivity contribution in [2.75, 3.05) is 27.2 Å². The number of hydrogen-bond acceptors (Lipinski definition) is 3. The van der Waals surface area contributed by atoms with Gasteiger partial charge in [-0.05, 0) is 73.5 Å². The van der Waals surface area contributed by atoms with Crippen molar-refractivity contribution in [3.05, 3.63) is 34.9 Å². The maximum absolute atomic E-state index is 11.4. The Hall–Kier alpha value is -1.06. The van der Waals surface area contributed by atoms with E-state index < -0.39 is 0 Å². The maximum atomic E-state index is 11.4. The molecule has 0 unspecified atom stereocenters. The standard InChI is InChI=1S/C19H33NO2.ClH/c1-16(2)9-7-10-17(3)11-8-12-18(4)13-14-22-19(21)15-20(5)6;/h9,11,13H,7-8,10,12,14-15H2,1-6H3;1H. The predicted octanol–water partition coefficient (Wildman–Crippen LogP) is 4.93. The number of allylic oxidation sites excluding steroid dienone is 5. The monoisotopic (exact) mass is 343 g/mol. The second-order valence-electron chi connectivity index (χ2n) is 6.38. The van der Waals surface area contributed by atoms with Gasteiger partial charge in [-0.25, -0.2) is 0 Å². The molecule has 0 bridgehead atoms. The largest absolute Gasteiger partial charge is 0.460 e. The van der Waals surface area contributed by atoms with E-state index in [1.807, 2.05) is 25.1 Å². The van der Waals surface area contributed by atoms with Crippen LogP contribution in [0.25, 0.3) is 0 Å². The lowest BCUT2D eigenvalue weighted by molar-refractivity contribution is -0.143. The van der Waals surface area contributed by atoms with E-state index in [2.05, 4.69) is 39.8 Å². The summed E-state index contributed by atoms with van der Waals surface area (Å²) in [7, 11) is 3.71. The summed E-state index contributed by atoms with van der Waals surface area (Å²) in [5.41, 5.74) is 4.10. The molecule has 0 aromatic rings. The molecule has 0 aliphatic heterocycles. The van der Waals surface area contributed by atoms with Crippen molar-refractivity contribution in [2.24, 2.45) is 0 Å². The number of ether oxygens (including phenoxy) is 1. The molecule has 0 aromatic carbocycles. The van der Waals surface area contributed by atoms with E-state index in [-0.39, 0.29) is 18.4 Å². The minimum absolute atomic E-state index is 0. The Morgan fingerprint density at radius 1 is 0.913 bits per heavy atom. The molecule has 0 atom stereocenters. The molecule has 0 saturated heterocycles. The summed E-state index contributed by atoms with van der Waals surface area (Å²) < 4.78 is 5.15. The van der Waals surface area contributed by atoms with Crippen molar-refractivity contribution in [2.45, 2.75) is 53.4 Å². The lowest BCUT2D eigenvalue weighted by atomic mass is 10.1. The molecule has 0 heterocycles. The highest BCUT2D eigenvalue weighted by Gasteiger charge is 2.02. The van der Waals surface area contributed by atoms with Gasteiger partial charge < -0.3 is 4.74 Å². The zero-order valence-electron chi connectivity index (χ0n) is 15.6. The molecule has 0 saturated carbocycles. The van der Waals surface area contributed by atoms with Gasteiger partial charge in [-0.1, -0.05) is 28.9 Å². The lowest BCUT2D eigenvalue weighted by Gasteiger charge is -2.08. The number of carbonyl (C=O) groups is 1. The van der Waals surface area contributed by atoms with Crippen LogP contribution in [-0.4, -0.2) is 38.1 Å². The first-order valence-electron chi connectivity index (χ1n) is 8.06. The fourth-order valence-electron chi connectivity index (χ4n) is 1.92. The topological polar surface area (TPSA) is 29.5 Å². The van der Waals surface area contributed by atoms with Crippen molar-refractivity contribution in [3.8, 4) is 0 Å². The molecule has 0 amide bonds. The molecule has 0 spiro atoms. The van der Waals surface area contributed by atoms with E-state index in [4.69, 9.17) is 4.74 Å². The zero-order valence-corrected chi connectivity index (χ0v) is 16.5. The number of hydrogen-bond donors (Lipinski definition) is 0. The Balaban J connectivity index is 0. The summed E-state index contributed by atoms with van der Waals surface area (Å²) in [6.07, 6.45) is 10.9. The van der Waals surface area contributed by atoms with Gasteiger partial charge in [0.2, 0.25) is 0 Å². The number of rotatable bonds is 10. The number of esters is 1. The molecule has 3 nitrogen and oxygen atoms in total. The fourth-order valence-corrected chi connectivity index (χ4v) is 1.92. The summed E-state index contributed by atoms with van der Waals surface area (Å²) >= 11 is 0. The average molecular weight is 344 g/mol. The van der Waals surface area contributed by atoms with Crippen LogP contribution in [0.2, 0.25) is 0 Å². The molecule has 0 N–H and O–H groups in total. The van der Waals surface area contributed by atoms with Crippen LogP contribution < -0.4 is 0 Å². The van der Waals surface area contributed by atoms with E-state index in [1.165, 1.54) is 16.7 Å². The third-order valence-electron chi connectivity index (χ3n) is 3.24. The van der Waals surface area contributed by atoms with Crippen LogP contribution in [0.5, 0.6) is 0 Å². The van der Waals surface area contributed by atoms with E-state index in [0.29, 0.717) is 13.2 Å². The summed E-state index contributed by atoms with van der Waals surface area (Å²) in [6.45, 7) is 9.27. The molecule has 0 fully saturated rings. The molecule has 0 rings (SSSR count).